The zero-order valence-corrected chi connectivity index (χ0v) is 11.2. The summed E-state index contributed by atoms with van der Waals surface area (Å²) < 4.78 is 1.93. The van der Waals surface area contributed by atoms with Gasteiger partial charge in [0.05, 0.1) is 0 Å². The highest BCUT2D eigenvalue weighted by atomic mass is 32.2. The number of amides is 1. The number of nitrogens with zero attached hydrogens (tertiary/aromatic N) is 2. The zero-order valence-electron chi connectivity index (χ0n) is 10.4. The number of thioether (sulfide) groups is 1. The monoisotopic (exact) mass is 271 g/mol. The van der Waals surface area contributed by atoms with Gasteiger partial charge in [0.1, 0.15) is 11.9 Å². The van der Waals surface area contributed by atoms with Crippen molar-refractivity contribution in [2.45, 2.75) is 19.4 Å². The van der Waals surface area contributed by atoms with Crippen LogP contribution in [0.4, 0.5) is 0 Å². The second-order valence-electron chi connectivity index (χ2n) is 3.87. The Morgan fingerprint density at radius 2 is 2.33 bits per heavy atom. The Morgan fingerprint density at radius 1 is 1.61 bits per heavy atom. The molecule has 7 heteroatoms. The lowest BCUT2D eigenvalue weighted by Crippen LogP contribution is -2.41. The normalized spacial score (nSPS) is 12.1. The van der Waals surface area contributed by atoms with Crippen LogP contribution in [0.25, 0.3) is 0 Å². The first-order valence-corrected chi connectivity index (χ1v) is 6.70. The van der Waals surface area contributed by atoms with Crippen molar-refractivity contribution < 1.29 is 14.7 Å². The van der Waals surface area contributed by atoms with E-state index in [0.29, 0.717) is 5.75 Å². The number of rotatable bonds is 7. The fourth-order valence-corrected chi connectivity index (χ4v) is 2.38. The van der Waals surface area contributed by atoms with Gasteiger partial charge in [-0.25, -0.2) is 9.78 Å². The minimum absolute atomic E-state index is 0.327. The molecule has 0 radical (unpaired) electrons. The summed E-state index contributed by atoms with van der Waals surface area (Å²) in [7, 11) is 1.92. The Bertz CT molecular complexity index is 419. The summed E-state index contributed by atoms with van der Waals surface area (Å²) in [6.45, 7) is 1.31. The lowest BCUT2D eigenvalue weighted by atomic mass is 10.3. The predicted octanol–water partition coefficient (Wildman–Crippen LogP) is 0.285. The Kier molecular flexibility index (Phi) is 5.70. The summed E-state index contributed by atoms with van der Waals surface area (Å²) in [5, 5.41) is 11.3. The van der Waals surface area contributed by atoms with E-state index in [1.165, 1.54) is 18.7 Å². The fourth-order valence-electron chi connectivity index (χ4n) is 1.42. The van der Waals surface area contributed by atoms with Crippen LogP contribution in [0.15, 0.2) is 12.4 Å². The third-order valence-electron chi connectivity index (χ3n) is 2.35. The molecule has 1 aromatic heterocycles. The molecular weight excluding hydrogens is 254 g/mol. The van der Waals surface area contributed by atoms with Crippen LogP contribution < -0.4 is 5.32 Å². The number of aliphatic carboxylic acids is 1. The molecule has 0 aromatic carbocycles. The molecule has 0 saturated carbocycles. The van der Waals surface area contributed by atoms with E-state index >= 15 is 0 Å². The number of hydrogen-bond acceptors (Lipinski definition) is 4. The van der Waals surface area contributed by atoms with Crippen molar-refractivity contribution in [3.63, 3.8) is 0 Å². The number of imidazole rings is 1. The Balaban J connectivity index is 2.29. The molecule has 0 fully saturated rings. The van der Waals surface area contributed by atoms with Crippen LogP contribution in [-0.2, 0) is 23.1 Å². The number of carbonyl (C=O) groups is 2. The third kappa shape index (κ3) is 4.79. The largest absolute Gasteiger partial charge is 0.480 e. The summed E-state index contributed by atoms with van der Waals surface area (Å²) in [5.74, 6) is 0.767. The molecule has 0 spiro atoms. The predicted molar refractivity (Wildman–Crippen MR) is 69.5 cm³/mol. The van der Waals surface area contributed by atoms with E-state index in [-0.39, 0.29) is 5.91 Å². The van der Waals surface area contributed by atoms with Crippen LogP contribution in [0.5, 0.6) is 0 Å². The van der Waals surface area contributed by atoms with Crippen molar-refractivity contribution in [3.05, 3.63) is 18.2 Å². The van der Waals surface area contributed by atoms with Crippen LogP contribution in [0.2, 0.25) is 0 Å². The van der Waals surface area contributed by atoms with Gasteiger partial charge in [0.25, 0.3) is 0 Å². The summed E-state index contributed by atoms with van der Waals surface area (Å²) in [5.41, 5.74) is 0. The summed E-state index contributed by atoms with van der Waals surface area (Å²) >= 11 is 1.49. The van der Waals surface area contributed by atoms with Gasteiger partial charge in [0.2, 0.25) is 5.91 Å². The third-order valence-corrected chi connectivity index (χ3v) is 3.41. The molecule has 1 amide bonds. The van der Waals surface area contributed by atoms with E-state index in [2.05, 4.69) is 10.3 Å². The van der Waals surface area contributed by atoms with Crippen LogP contribution in [0.1, 0.15) is 12.7 Å². The standard InChI is InChI=1S/C11H17N3O3S/c1-8(15)13-9(11(16)17)7-18-6-3-10-12-4-5-14(10)2/h4-5,9H,3,6-7H2,1-2H3,(H,13,15)(H,16,17). The van der Waals surface area contributed by atoms with Gasteiger partial charge in [0.15, 0.2) is 0 Å². The summed E-state index contributed by atoms with van der Waals surface area (Å²) in [6.07, 6.45) is 4.38. The number of aryl methyl sites for hydroxylation is 2. The molecule has 2 N–H and O–H groups in total. The summed E-state index contributed by atoms with van der Waals surface area (Å²) in [4.78, 5) is 25.9. The van der Waals surface area contributed by atoms with Crippen molar-refractivity contribution in [3.8, 4) is 0 Å². The van der Waals surface area contributed by atoms with Crippen LogP contribution in [0, 0.1) is 0 Å². The topological polar surface area (TPSA) is 84.2 Å². The van der Waals surface area contributed by atoms with Gasteiger partial charge in [-0.05, 0) is 0 Å². The highest BCUT2D eigenvalue weighted by Crippen LogP contribution is 2.07. The van der Waals surface area contributed by atoms with Gasteiger partial charge < -0.3 is 15.0 Å². The van der Waals surface area contributed by atoms with Gasteiger partial charge in [-0.15, -0.1) is 0 Å². The van der Waals surface area contributed by atoms with Gasteiger partial charge in [-0.3, -0.25) is 4.79 Å². The average molecular weight is 271 g/mol. The molecule has 0 bridgehead atoms. The molecule has 18 heavy (non-hydrogen) atoms. The Morgan fingerprint density at radius 3 is 2.83 bits per heavy atom. The molecule has 6 nitrogen and oxygen atoms in total. The van der Waals surface area contributed by atoms with Gasteiger partial charge in [0, 0.05) is 44.3 Å². The smallest absolute Gasteiger partial charge is 0.327 e. The fraction of sp³-hybridized carbons (Fsp3) is 0.545. The Hall–Kier alpha value is -1.50. The first-order chi connectivity index (χ1) is 8.50. The minimum Gasteiger partial charge on any atom is -0.480 e. The molecule has 1 atom stereocenters. The van der Waals surface area contributed by atoms with Crippen LogP contribution in [-0.4, -0.2) is 44.1 Å². The number of carbonyl (C=O) groups excluding carboxylic acids is 1. The van der Waals surface area contributed by atoms with Gasteiger partial charge in [-0.1, -0.05) is 0 Å². The van der Waals surface area contributed by atoms with Crippen molar-refractivity contribution >= 4 is 23.6 Å². The van der Waals surface area contributed by atoms with E-state index in [1.807, 2.05) is 17.8 Å². The molecule has 1 aromatic rings. The van der Waals surface area contributed by atoms with Crippen molar-refractivity contribution in [2.24, 2.45) is 7.05 Å². The summed E-state index contributed by atoms with van der Waals surface area (Å²) in [6, 6.07) is -0.825. The quantitative estimate of drug-likeness (QED) is 0.696. The van der Waals surface area contributed by atoms with Crippen LogP contribution in [0.3, 0.4) is 0 Å². The molecule has 1 unspecified atom stereocenters. The van der Waals surface area contributed by atoms with E-state index < -0.39 is 12.0 Å². The molecule has 0 aliphatic heterocycles. The molecule has 1 rings (SSSR count). The van der Waals surface area contributed by atoms with Crippen molar-refractivity contribution in [1.82, 2.24) is 14.9 Å². The highest BCUT2D eigenvalue weighted by Gasteiger charge is 2.17. The van der Waals surface area contributed by atoms with E-state index in [9.17, 15) is 9.59 Å². The molecule has 0 aliphatic carbocycles. The minimum atomic E-state index is -1.00. The molecule has 100 valence electrons. The molecule has 0 aliphatic rings. The number of aromatic nitrogens is 2. The highest BCUT2D eigenvalue weighted by molar-refractivity contribution is 7.99. The lowest BCUT2D eigenvalue weighted by molar-refractivity contribution is -0.140. The number of nitrogens with one attached hydrogen (secondary N) is 1. The second kappa shape index (κ2) is 7.05. The van der Waals surface area contributed by atoms with Crippen molar-refractivity contribution in [1.29, 1.82) is 0 Å². The Labute approximate surface area is 110 Å². The van der Waals surface area contributed by atoms with E-state index in [4.69, 9.17) is 5.11 Å². The first-order valence-electron chi connectivity index (χ1n) is 5.54. The molecule has 0 saturated heterocycles. The maximum absolute atomic E-state index is 10.9. The van der Waals surface area contributed by atoms with E-state index in [0.717, 1.165) is 18.0 Å². The second-order valence-corrected chi connectivity index (χ2v) is 5.02. The van der Waals surface area contributed by atoms with Gasteiger partial charge in [-0.2, -0.15) is 11.8 Å². The maximum Gasteiger partial charge on any atom is 0.327 e. The molecule has 1 heterocycles. The van der Waals surface area contributed by atoms with Crippen LogP contribution >= 0.6 is 11.8 Å². The number of carboxylic acid groups (broad SMARTS) is 1. The van der Waals surface area contributed by atoms with Gasteiger partial charge >= 0.3 is 5.97 Å². The first kappa shape index (κ1) is 14.6. The lowest BCUT2D eigenvalue weighted by Gasteiger charge is -2.12. The maximum atomic E-state index is 10.9. The van der Waals surface area contributed by atoms with E-state index in [1.54, 1.807) is 6.20 Å². The number of carboxylic acids is 1. The molecular formula is C11H17N3O3S. The zero-order chi connectivity index (χ0) is 13.5. The average Bonchev–Trinajstić information content (AvgIpc) is 2.68. The number of hydrogen-bond donors (Lipinski definition) is 2. The van der Waals surface area contributed by atoms with Crippen molar-refractivity contribution in [2.75, 3.05) is 11.5 Å². The SMILES string of the molecule is CC(=O)NC(CSCCc1nccn1C)C(=O)O.